The van der Waals surface area contributed by atoms with Crippen LogP contribution in [-0.4, -0.2) is 3.21 Å². The fourth-order valence-electron chi connectivity index (χ4n) is 8.60. The van der Waals surface area contributed by atoms with Gasteiger partial charge in [-0.3, -0.25) is 0 Å². The molecule has 56 heavy (non-hydrogen) atoms. The molecule has 0 heterocycles. The van der Waals surface area contributed by atoms with Gasteiger partial charge in [0.2, 0.25) is 0 Å². The Morgan fingerprint density at radius 2 is 1.07 bits per heavy atom. The normalized spacial score (nSPS) is 13.0. The van der Waals surface area contributed by atoms with Crippen LogP contribution in [0.25, 0.3) is 33.4 Å². The van der Waals surface area contributed by atoms with Crippen LogP contribution in [-0.2, 0) is 38.5 Å². The van der Waals surface area contributed by atoms with Gasteiger partial charge in [-0.25, -0.2) is 0 Å². The van der Waals surface area contributed by atoms with Crippen molar-refractivity contribution in [2.45, 2.75) is 79.1 Å². The van der Waals surface area contributed by atoms with Gasteiger partial charge in [0.05, 0.1) is 0 Å². The summed E-state index contributed by atoms with van der Waals surface area (Å²) in [6.45, 7) is 18.8. The van der Waals surface area contributed by atoms with E-state index in [1.165, 1.54) is 72.3 Å². The van der Waals surface area contributed by atoms with E-state index in [-0.39, 0.29) is 35.6 Å². The predicted molar refractivity (Wildman–Crippen MR) is 244 cm³/mol. The van der Waals surface area contributed by atoms with E-state index in [1.54, 1.807) is 15.3 Å². The number of hydrogen-bond acceptors (Lipinski definition) is 0. The van der Waals surface area contributed by atoms with E-state index < -0.39 is 21.3 Å². The van der Waals surface area contributed by atoms with Crippen molar-refractivity contribution < 1.29 is 21.3 Å². The van der Waals surface area contributed by atoms with E-state index >= 15 is 0 Å². The van der Waals surface area contributed by atoms with Gasteiger partial charge in [0.25, 0.3) is 0 Å². The van der Waals surface area contributed by atoms with Crippen LogP contribution in [0.4, 0.5) is 0 Å². The average Bonchev–Trinajstić information content (AvgIpc) is 3.82. The Balaban J connectivity index is 0.00000266. The van der Waals surface area contributed by atoms with Crippen LogP contribution < -0.4 is 3.27 Å². The van der Waals surface area contributed by atoms with Crippen LogP contribution in [0, 0.1) is 13.8 Å². The van der Waals surface area contributed by atoms with Crippen LogP contribution >= 0.6 is 24.8 Å². The molecule has 8 rings (SSSR count). The maximum absolute atomic E-state index is 3.04. The molecule has 0 fully saturated rings. The molecule has 0 saturated heterocycles. The standard InChI is InChI=1S/C33H33.C15H14.C5H5.2ClH.Zr/c1-32(2,3)30-20-26-24(18-28(30)22-13-9-7-10-14-22)17-25-19-29(23-15-11-8-12-16-23)31(21-27(25)26)33(4,5)6;1-12-3-7-14(8-4-12)11-15-9-5-13(2)6-10-15;1-2-4-5-3-1;;;/h7-16,18,20-21H,17H2,1-6H3;3-10H,1-2H3;1-3H,4H2;2*1H;. The van der Waals surface area contributed by atoms with Crippen molar-refractivity contribution in [2.75, 3.05) is 0 Å². The number of fused-ring (bicyclic) bond motifs is 3. The van der Waals surface area contributed by atoms with Crippen LogP contribution in [0.15, 0.2) is 149 Å². The Kier molecular flexibility index (Phi) is 12.3. The second-order valence-electron chi connectivity index (χ2n) is 17.5. The quantitative estimate of drug-likeness (QED) is 0.156. The van der Waals surface area contributed by atoms with Gasteiger partial charge in [0.1, 0.15) is 0 Å². The van der Waals surface area contributed by atoms with Crippen molar-refractivity contribution >= 4 is 31.3 Å². The maximum Gasteiger partial charge on any atom is -0.147 e. The molecule has 0 N–H and O–H groups in total. The van der Waals surface area contributed by atoms with Gasteiger partial charge in [-0.2, -0.15) is 0 Å². The van der Waals surface area contributed by atoms with Crippen LogP contribution in [0.5, 0.6) is 0 Å². The number of benzene rings is 6. The summed E-state index contributed by atoms with van der Waals surface area (Å²) >= 11 is -3.04. The van der Waals surface area contributed by atoms with Crippen molar-refractivity contribution in [1.29, 1.82) is 0 Å². The third-order valence-corrected chi connectivity index (χ3v) is 19.1. The third-order valence-electron chi connectivity index (χ3n) is 11.4. The fraction of sp³-hybridized carbons (Fsp3) is 0.226. The molecule has 0 radical (unpaired) electrons. The molecule has 0 unspecified atom stereocenters. The number of rotatable bonds is 6. The molecule has 2 aliphatic rings. The number of aryl methyl sites for hydroxylation is 2. The van der Waals surface area contributed by atoms with E-state index in [1.807, 2.05) is 0 Å². The molecule has 0 amide bonds. The molecule has 6 aromatic carbocycles. The first kappa shape index (κ1) is 41.8. The molecule has 284 valence electrons. The third kappa shape index (κ3) is 7.98. The van der Waals surface area contributed by atoms with Gasteiger partial charge in [-0.05, 0) is 0 Å². The Morgan fingerprint density at radius 1 is 0.554 bits per heavy atom. The molecular formula is C53H54Cl2Zr. The van der Waals surface area contributed by atoms with Gasteiger partial charge in [-0.1, -0.05) is 0 Å². The molecule has 0 atom stereocenters. The zero-order valence-electron chi connectivity index (χ0n) is 34.1. The van der Waals surface area contributed by atoms with Gasteiger partial charge in [0, 0.05) is 0 Å². The van der Waals surface area contributed by atoms with E-state index in [9.17, 15) is 0 Å². The predicted octanol–water partition coefficient (Wildman–Crippen LogP) is 14.0. The molecule has 0 aromatic heterocycles. The Bertz CT molecular complexity index is 2420. The van der Waals surface area contributed by atoms with Crippen molar-refractivity contribution in [2.24, 2.45) is 0 Å². The number of allylic oxidation sites excluding steroid dienone is 4. The zero-order valence-corrected chi connectivity index (χ0v) is 38.2. The van der Waals surface area contributed by atoms with Crippen molar-refractivity contribution in [3.63, 3.8) is 0 Å². The van der Waals surface area contributed by atoms with Gasteiger partial charge < -0.3 is 0 Å². The second kappa shape index (κ2) is 16.5. The van der Waals surface area contributed by atoms with Crippen molar-refractivity contribution in [1.82, 2.24) is 0 Å². The number of halogens is 2. The summed E-state index contributed by atoms with van der Waals surface area (Å²) in [4.78, 5) is 0. The largest absolute Gasteiger partial charge is 0.147 e. The SMILES string of the molecule is Cc1ccc([C](c2ccc(C)cc2)=[Zr]([C]2=CC=CC2)[c]2c3c(cc(C(C)(C)C)c2-c2ccccc2)-c2cc(C(C)(C)C)c(-c4ccccc4)cc2C3)cc1.Cl.Cl. The minimum absolute atomic E-state index is 0. The summed E-state index contributed by atoms with van der Waals surface area (Å²) in [7, 11) is 0. The molecule has 0 spiro atoms. The van der Waals surface area contributed by atoms with Crippen LogP contribution in [0.1, 0.15) is 92.5 Å². The fourth-order valence-corrected chi connectivity index (χ4v) is 17.1. The van der Waals surface area contributed by atoms with E-state index in [0.717, 1.165) is 12.8 Å². The van der Waals surface area contributed by atoms with Crippen LogP contribution in [0.2, 0.25) is 0 Å². The zero-order chi connectivity index (χ0) is 37.8. The Morgan fingerprint density at radius 3 is 1.57 bits per heavy atom. The first-order valence-electron chi connectivity index (χ1n) is 19.6. The topological polar surface area (TPSA) is 0 Å². The van der Waals surface area contributed by atoms with Crippen molar-refractivity contribution in [3.05, 3.63) is 193 Å². The first-order chi connectivity index (χ1) is 25.9. The smallest absolute Gasteiger partial charge is 0.147 e. The molecule has 0 aliphatic heterocycles. The summed E-state index contributed by atoms with van der Waals surface area (Å²) < 4.78 is 4.89. The minimum Gasteiger partial charge on any atom is -0.147 e. The van der Waals surface area contributed by atoms with Crippen molar-refractivity contribution in [3.8, 4) is 33.4 Å². The Hall–Kier alpha value is -3.87. The molecule has 3 heteroatoms. The summed E-state index contributed by atoms with van der Waals surface area (Å²) in [5.41, 5.74) is 19.5. The molecule has 0 bridgehead atoms. The molecule has 0 nitrogen and oxygen atoms in total. The molecule has 0 saturated carbocycles. The molecule has 2 aliphatic carbocycles. The summed E-state index contributed by atoms with van der Waals surface area (Å²) in [6.07, 6.45) is 9.19. The monoisotopic (exact) mass is 850 g/mol. The first-order valence-corrected chi connectivity index (χ1v) is 23.3. The van der Waals surface area contributed by atoms with Gasteiger partial charge >= 0.3 is 334 Å². The molecular weight excluding hydrogens is 799 g/mol. The van der Waals surface area contributed by atoms with E-state index in [0.29, 0.717) is 0 Å². The Labute approximate surface area is 355 Å². The van der Waals surface area contributed by atoms with Gasteiger partial charge in [-0.15, -0.1) is 24.8 Å². The van der Waals surface area contributed by atoms with E-state index in [4.69, 9.17) is 0 Å². The van der Waals surface area contributed by atoms with E-state index in [2.05, 4.69) is 201 Å². The number of hydrogen-bond donors (Lipinski definition) is 0. The van der Waals surface area contributed by atoms with Crippen LogP contribution in [0.3, 0.4) is 0 Å². The summed E-state index contributed by atoms with van der Waals surface area (Å²) in [5, 5.41) is 0. The van der Waals surface area contributed by atoms with Gasteiger partial charge in [0.15, 0.2) is 0 Å². The minimum atomic E-state index is -3.04. The molecule has 6 aromatic rings. The summed E-state index contributed by atoms with van der Waals surface area (Å²) in [5.74, 6) is 0. The average molecular weight is 853 g/mol. The maximum atomic E-state index is 2.61. The summed E-state index contributed by atoms with van der Waals surface area (Å²) in [6, 6.07) is 49.0. The second-order valence-corrected chi connectivity index (χ2v) is 23.4.